The molecule has 0 heterocycles. The lowest BCUT2D eigenvalue weighted by Gasteiger charge is -2.17. The van der Waals surface area contributed by atoms with Gasteiger partial charge in [0, 0.05) is 11.7 Å². The number of amides is 1. The van der Waals surface area contributed by atoms with Crippen LogP contribution in [0.15, 0.2) is 48.5 Å². The number of rotatable bonds is 7. The van der Waals surface area contributed by atoms with Gasteiger partial charge in [-0.3, -0.25) is 4.55 Å². The van der Waals surface area contributed by atoms with Crippen LogP contribution in [0.3, 0.4) is 0 Å². The fourth-order valence-electron chi connectivity index (χ4n) is 3.11. The maximum absolute atomic E-state index is 12.0. The Bertz CT molecular complexity index is 961. The molecule has 0 aromatic heterocycles. The molecule has 28 heavy (non-hydrogen) atoms. The number of hydrogen-bond acceptors (Lipinski definition) is 6. The Morgan fingerprint density at radius 2 is 1.61 bits per heavy atom. The summed E-state index contributed by atoms with van der Waals surface area (Å²) in [5.41, 5.74) is 4.13. The number of fused-ring (bicyclic) bond motifs is 3. The van der Waals surface area contributed by atoms with Crippen LogP contribution in [-0.2, 0) is 18.7 Å². The quantitative estimate of drug-likeness (QED) is 0.457. The van der Waals surface area contributed by atoms with Crippen LogP contribution >= 0.6 is 10.8 Å². The van der Waals surface area contributed by atoms with Gasteiger partial charge in [0.25, 0.3) is 0 Å². The van der Waals surface area contributed by atoms with E-state index in [2.05, 4.69) is 5.32 Å². The monoisotopic (exact) mass is 423 g/mol. The molecule has 148 valence electrons. The highest BCUT2D eigenvalue weighted by molar-refractivity contribution is 8.69. The number of carboxylic acid groups (broad SMARTS) is 1. The van der Waals surface area contributed by atoms with Crippen LogP contribution in [0.25, 0.3) is 11.1 Å². The molecule has 1 aliphatic rings. The number of carboxylic acids is 1. The van der Waals surface area contributed by atoms with E-state index in [0.717, 1.165) is 22.3 Å². The van der Waals surface area contributed by atoms with Crippen molar-refractivity contribution in [2.75, 3.05) is 12.4 Å². The lowest BCUT2D eigenvalue weighted by molar-refractivity contribution is -0.138. The third-order valence-electron chi connectivity index (χ3n) is 4.32. The van der Waals surface area contributed by atoms with Crippen LogP contribution in [0.2, 0.25) is 0 Å². The van der Waals surface area contributed by atoms with E-state index in [4.69, 9.17) is 14.4 Å². The number of nitrogens with one attached hydrogen (secondary N) is 1. The molecule has 1 amide bonds. The molecular formula is C18H17NO7S2. The minimum absolute atomic E-state index is 0.00234. The summed E-state index contributed by atoms with van der Waals surface area (Å²) in [5.74, 6) is -2.18. The highest BCUT2D eigenvalue weighted by atomic mass is 33.1. The van der Waals surface area contributed by atoms with E-state index in [-0.39, 0.29) is 23.3 Å². The Morgan fingerprint density at radius 1 is 1.07 bits per heavy atom. The van der Waals surface area contributed by atoms with Gasteiger partial charge in [-0.15, -0.1) is 0 Å². The summed E-state index contributed by atoms with van der Waals surface area (Å²) in [4.78, 5) is 23.2. The van der Waals surface area contributed by atoms with Crippen LogP contribution in [0, 0.1) is 0 Å². The van der Waals surface area contributed by atoms with E-state index >= 15 is 0 Å². The van der Waals surface area contributed by atoms with E-state index in [1.54, 1.807) is 0 Å². The molecule has 0 fully saturated rings. The van der Waals surface area contributed by atoms with E-state index in [9.17, 15) is 18.0 Å². The fraction of sp³-hybridized carbons (Fsp3) is 0.222. The van der Waals surface area contributed by atoms with Crippen LogP contribution in [-0.4, -0.2) is 48.5 Å². The Morgan fingerprint density at radius 3 is 2.11 bits per heavy atom. The summed E-state index contributed by atoms with van der Waals surface area (Å²) in [6.07, 6.45) is -0.981. The van der Waals surface area contributed by atoms with Gasteiger partial charge in [-0.2, -0.15) is 8.42 Å². The first-order valence-corrected chi connectivity index (χ1v) is 11.2. The molecule has 1 aliphatic carbocycles. The Kier molecular flexibility index (Phi) is 5.92. The van der Waals surface area contributed by atoms with E-state index in [1.807, 2.05) is 48.5 Å². The second-order valence-corrected chi connectivity index (χ2v) is 9.47. The molecule has 0 saturated carbocycles. The fourth-order valence-corrected chi connectivity index (χ4v) is 4.57. The van der Waals surface area contributed by atoms with Gasteiger partial charge in [-0.05, 0) is 33.0 Å². The SMILES string of the molecule is O=C(N[C@@H](CSS(=O)(=O)O)C(=O)O)OCC1c2ccccc2-c2ccccc21. The molecular weight excluding hydrogens is 406 g/mol. The molecule has 2 aromatic rings. The zero-order valence-electron chi connectivity index (χ0n) is 14.4. The largest absolute Gasteiger partial charge is 0.480 e. The summed E-state index contributed by atoms with van der Waals surface area (Å²) in [5, 5.41) is 11.2. The van der Waals surface area contributed by atoms with Gasteiger partial charge in [0.1, 0.15) is 12.6 Å². The molecule has 8 nitrogen and oxygen atoms in total. The summed E-state index contributed by atoms with van der Waals surface area (Å²) < 4.78 is 35.4. The summed E-state index contributed by atoms with van der Waals surface area (Å²) in [6, 6.07) is 14.0. The summed E-state index contributed by atoms with van der Waals surface area (Å²) in [6.45, 7) is -0.00234. The van der Waals surface area contributed by atoms with Crippen molar-refractivity contribution < 1.29 is 32.4 Å². The van der Waals surface area contributed by atoms with Crippen LogP contribution in [0.1, 0.15) is 17.0 Å². The maximum atomic E-state index is 12.0. The van der Waals surface area contributed by atoms with Gasteiger partial charge in [0.15, 0.2) is 0 Å². The van der Waals surface area contributed by atoms with E-state index < -0.39 is 33.0 Å². The molecule has 2 aromatic carbocycles. The highest BCUT2D eigenvalue weighted by Crippen LogP contribution is 2.44. The molecule has 0 radical (unpaired) electrons. The van der Waals surface area contributed by atoms with Gasteiger partial charge >= 0.3 is 21.2 Å². The Balaban J connectivity index is 1.66. The van der Waals surface area contributed by atoms with Crippen molar-refractivity contribution >= 4 is 32.0 Å². The van der Waals surface area contributed by atoms with Crippen molar-refractivity contribution in [3.8, 4) is 11.1 Å². The Hall–Kier alpha value is -2.56. The zero-order chi connectivity index (χ0) is 20.3. The average Bonchev–Trinajstić information content (AvgIpc) is 2.96. The number of benzene rings is 2. The number of alkyl carbamates (subject to hydrolysis) is 1. The second-order valence-electron chi connectivity index (χ2n) is 6.07. The molecule has 1 atom stereocenters. The number of hydrogen-bond donors (Lipinski definition) is 3. The number of aliphatic carboxylic acids is 1. The van der Waals surface area contributed by atoms with Crippen LogP contribution in [0.4, 0.5) is 4.79 Å². The first kappa shape index (κ1) is 20.2. The molecule has 3 N–H and O–H groups in total. The van der Waals surface area contributed by atoms with Crippen molar-refractivity contribution in [3.05, 3.63) is 59.7 Å². The predicted octanol–water partition coefficient (Wildman–Crippen LogP) is 2.51. The van der Waals surface area contributed by atoms with Gasteiger partial charge < -0.3 is 15.2 Å². The molecule has 0 aliphatic heterocycles. The molecule has 0 unspecified atom stereocenters. The van der Waals surface area contributed by atoms with E-state index in [0.29, 0.717) is 0 Å². The van der Waals surface area contributed by atoms with Crippen molar-refractivity contribution in [2.24, 2.45) is 0 Å². The Labute approximate surface area is 165 Å². The van der Waals surface area contributed by atoms with Crippen molar-refractivity contribution in [1.82, 2.24) is 5.32 Å². The minimum atomic E-state index is -4.42. The molecule has 0 saturated heterocycles. The number of carbonyl (C=O) groups is 2. The molecule has 3 rings (SSSR count). The summed E-state index contributed by atoms with van der Waals surface area (Å²) >= 11 is 0. The minimum Gasteiger partial charge on any atom is -0.480 e. The number of carbonyl (C=O) groups excluding carboxylic acids is 1. The van der Waals surface area contributed by atoms with Gasteiger partial charge in [-0.1, -0.05) is 48.5 Å². The zero-order valence-corrected chi connectivity index (χ0v) is 16.1. The smallest absolute Gasteiger partial charge is 0.407 e. The molecule has 0 spiro atoms. The summed E-state index contributed by atoms with van der Waals surface area (Å²) in [7, 11) is -4.41. The second kappa shape index (κ2) is 8.21. The maximum Gasteiger partial charge on any atom is 0.407 e. The van der Waals surface area contributed by atoms with Crippen LogP contribution in [0.5, 0.6) is 0 Å². The lowest BCUT2D eigenvalue weighted by atomic mass is 9.98. The van der Waals surface area contributed by atoms with Crippen molar-refractivity contribution in [1.29, 1.82) is 0 Å². The van der Waals surface area contributed by atoms with Gasteiger partial charge in [-0.25, -0.2) is 9.59 Å². The predicted molar refractivity (Wildman–Crippen MR) is 104 cm³/mol. The average molecular weight is 423 g/mol. The molecule has 10 heteroatoms. The molecule has 0 bridgehead atoms. The van der Waals surface area contributed by atoms with Gasteiger partial charge in [0.2, 0.25) is 0 Å². The number of ether oxygens (including phenoxy) is 1. The van der Waals surface area contributed by atoms with E-state index in [1.165, 1.54) is 0 Å². The third-order valence-corrected chi connectivity index (χ3v) is 6.39. The highest BCUT2D eigenvalue weighted by Gasteiger charge is 2.30. The topological polar surface area (TPSA) is 130 Å². The normalized spacial score (nSPS) is 14.0. The van der Waals surface area contributed by atoms with Crippen molar-refractivity contribution in [3.63, 3.8) is 0 Å². The first-order valence-electron chi connectivity index (χ1n) is 8.22. The standard InChI is InChI=1S/C18H17NO7S2/c20-17(21)16(10-27-28(23,24)25)19-18(22)26-9-15-13-7-3-1-5-11(13)12-6-2-4-8-14(12)15/h1-8,15-16H,9-10H2,(H,19,22)(H,20,21)(H,23,24,25)/t16-/m0/s1. The first-order chi connectivity index (χ1) is 13.3. The van der Waals surface area contributed by atoms with Crippen LogP contribution < -0.4 is 5.32 Å². The van der Waals surface area contributed by atoms with Gasteiger partial charge in [0.05, 0.1) is 0 Å². The van der Waals surface area contributed by atoms with Crippen molar-refractivity contribution in [2.45, 2.75) is 12.0 Å². The third kappa shape index (κ3) is 4.64. The lowest BCUT2D eigenvalue weighted by Crippen LogP contribution is -2.43.